The van der Waals surface area contributed by atoms with Gasteiger partial charge in [0, 0.05) is 31.2 Å². The molecule has 1 aliphatic heterocycles. The molecule has 0 aromatic carbocycles. The Morgan fingerprint density at radius 2 is 2.18 bits per heavy atom. The van der Waals surface area contributed by atoms with Crippen LogP contribution in [0.5, 0.6) is 0 Å². The van der Waals surface area contributed by atoms with Crippen molar-refractivity contribution in [3.63, 3.8) is 0 Å². The van der Waals surface area contributed by atoms with Gasteiger partial charge >= 0.3 is 0 Å². The Hall–Kier alpha value is -1.92. The number of aromatic nitrogens is 2. The average molecular weight is 316 g/mol. The highest BCUT2D eigenvalue weighted by Crippen LogP contribution is 2.38. The standard InChI is InChI=1S/C16H20N4OS/c1-2-19-9-5-7-13(19)15-14(12-6-3-4-8-17-12)18-16(22)20(15)10-11-21/h3-9,14-15,21H,2,10-11H2,1H3,(H,18,22). The zero-order chi connectivity index (χ0) is 15.5. The fourth-order valence-electron chi connectivity index (χ4n) is 3.06. The molecule has 0 aliphatic carbocycles. The van der Waals surface area contributed by atoms with E-state index in [9.17, 15) is 5.11 Å². The molecule has 0 radical (unpaired) electrons. The molecule has 1 saturated heterocycles. The van der Waals surface area contributed by atoms with Crippen LogP contribution in [0.25, 0.3) is 0 Å². The molecule has 5 nitrogen and oxygen atoms in total. The summed E-state index contributed by atoms with van der Waals surface area (Å²) in [6, 6.07) is 10.1. The van der Waals surface area contributed by atoms with Gasteiger partial charge in [-0.05, 0) is 43.4 Å². The van der Waals surface area contributed by atoms with Crippen LogP contribution in [0.4, 0.5) is 0 Å². The smallest absolute Gasteiger partial charge is 0.170 e. The van der Waals surface area contributed by atoms with Gasteiger partial charge in [0.25, 0.3) is 0 Å². The molecule has 2 aromatic rings. The van der Waals surface area contributed by atoms with Crippen molar-refractivity contribution in [3.05, 3.63) is 54.1 Å². The fraction of sp³-hybridized carbons (Fsp3) is 0.375. The molecule has 2 aromatic heterocycles. The lowest BCUT2D eigenvalue weighted by atomic mass is 10.0. The molecule has 0 amide bonds. The van der Waals surface area contributed by atoms with Gasteiger partial charge in [0.1, 0.15) is 0 Å². The molecule has 1 fully saturated rings. The van der Waals surface area contributed by atoms with Crippen LogP contribution >= 0.6 is 12.2 Å². The lowest BCUT2D eigenvalue weighted by Gasteiger charge is -2.28. The third kappa shape index (κ3) is 2.60. The van der Waals surface area contributed by atoms with Crippen molar-refractivity contribution in [1.29, 1.82) is 0 Å². The first-order chi connectivity index (χ1) is 10.8. The van der Waals surface area contributed by atoms with Gasteiger partial charge in [-0.3, -0.25) is 4.98 Å². The number of thiocarbonyl (C=S) groups is 1. The Bertz CT molecular complexity index is 643. The predicted molar refractivity (Wildman–Crippen MR) is 89.4 cm³/mol. The zero-order valence-electron chi connectivity index (χ0n) is 12.5. The number of aryl methyl sites for hydroxylation is 1. The second-order valence-electron chi connectivity index (χ2n) is 5.26. The molecule has 116 valence electrons. The van der Waals surface area contributed by atoms with Crippen LogP contribution in [0.1, 0.15) is 30.4 Å². The summed E-state index contributed by atoms with van der Waals surface area (Å²) in [6.45, 7) is 3.60. The molecular weight excluding hydrogens is 296 g/mol. The highest BCUT2D eigenvalue weighted by Gasteiger charge is 2.40. The molecule has 22 heavy (non-hydrogen) atoms. The van der Waals surface area contributed by atoms with Crippen LogP contribution in [0.2, 0.25) is 0 Å². The largest absolute Gasteiger partial charge is 0.395 e. The Balaban J connectivity index is 2.03. The second kappa shape index (κ2) is 6.46. The minimum Gasteiger partial charge on any atom is -0.395 e. The van der Waals surface area contributed by atoms with Crippen molar-refractivity contribution in [2.75, 3.05) is 13.2 Å². The summed E-state index contributed by atoms with van der Waals surface area (Å²) in [5, 5.41) is 13.4. The Labute approximate surface area is 135 Å². The van der Waals surface area contributed by atoms with Crippen molar-refractivity contribution >= 4 is 17.3 Å². The molecule has 0 bridgehead atoms. The average Bonchev–Trinajstić information content (AvgIpc) is 3.13. The van der Waals surface area contributed by atoms with Crippen LogP contribution < -0.4 is 5.32 Å². The third-order valence-corrected chi connectivity index (χ3v) is 4.40. The van der Waals surface area contributed by atoms with E-state index in [0.29, 0.717) is 11.7 Å². The van der Waals surface area contributed by atoms with Gasteiger partial charge in [-0.1, -0.05) is 6.07 Å². The summed E-state index contributed by atoms with van der Waals surface area (Å²) in [7, 11) is 0. The molecule has 6 heteroatoms. The van der Waals surface area contributed by atoms with Crippen molar-refractivity contribution in [2.45, 2.75) is 25.6 Å². The van der Waals surface area contributed by atoms with Crippen LogP contribution in [0.3, 0.4) is 0 Å². The van der Waals surface area contributed by atoms with Gasteiger partial charge in [0.15, 0.2) is 5.11 Å². The van der Waals surface area contributed by atoms with Gasteiger partial charge < -0.3 is 19.9 Å². The number of hydrogen-bond acceptors (Lipinski definition) is 3. The lowest BCUT2D eigenvalue weighted by Crippen LogP contribution is -2.33. The monoisotopic (exact) mass is 316 g/mol. The van der Waals surface area contributed by atoms with E-state index < -0.39 is 0 Å². The number of pyridine rings is 1. The molecule has 2 atom stereocenters. The van der Waals surface area contributed by atoms with E-state index in [4.69, 9.17) is 12.2 Å². The maximum Gasteiger partial charge on any atom is 0.170 e. The first-order valence-corrected chi connectivity index (χ1v) is 7.91. The van der Waals surface area contributed by atoms with Crippen molar-refractivity contribution < 1.29 is 5.11 Å². The van der Waals surface area contributed by atoms with Crippen molar-refractivity contribution in [3.8, 4) is 0 Å². The number of aliphatic hydroxyl groups is 1. The Morgan fingerprint density at radius 1 is 1.32 bits per heavy atom. The maximum atomic E-state index is 9.39. The van der Waals surface area contributed by atoms with E-state index in [1.807, 2.05) is 24.3 Å². The van der Waals surface area contributed by atoms with Gasteiger partial charge in [-0.25, -0.2) is 0 Å². The topological polar surface area (TPSA) is 53.3 Å². The second-order valence-corrected chi connectivity index (χ2v) is 5.65. The van der Waals surface area contributed by atoms with E-state index in [1.54, 1.807) is 6.20 Å². The first-order valence-electron chi connectivity index (χ1n) is 7.50. The van der Waals surface area contributed by atoms with E-state index in [2.05, 4.69) is 39.0 Å². The minimum atomic E-state index is -0.0135. The van der Waals surface area contributed by atoms with Gasteiger partial charge in [-0.15, -0.1) is 0 Å². The number of β-amino-alcohol motifs (C(OH)–C–C–N with tert-alkyl or cyclic N) is 1. The van der Waals surface area contributed by atoms with Gasteiger partial charge in [0.2, 0.25) is 0 Å². The number of nitrogens with one attached hydrogen (secondary N) is 1. The molecule has 2 N–H and O–H groups in total. The number of rotatable bonds is 5. The quantitative estimate of drug-likeness (QED) is 0.825. The van der Waals surface area contributed by atoms with Gasteiger partial charge in [-0.2, -0.15) is 0 Å². The maximum absolute atomic E-state index is 9.39. The SMILES string of the molecule is CCn1cccc1C1C(c2ccccn2)NC(=S)N1CCO. The normalized spacial score (nSPS) is 21.2. The Morgan fingerprint density at radius 3 is 2.86 bits per heavy atom. The Kier molecular flexibility index (Phi) is 4.40. The van der Waals surface area contributed by atoms with Crippen LogP contribution in [-0.4, -0.2) is 37.8 Å². The van der Waals surface area contributed by atoms with E-state index >= 15 is 0 Å². The van der Waals surface area contributed by atoms with E-state index in [1.165, 1.54) is 5.69 Å². The van der Waals surface area contributed by atoms with Gasteiger partial charge in [0.05, 0.1) is 24.4 Å². The molecule has 3 heterocycles. The van der Waals surface area contributed by atoms with E-state index in [0.717, 1.165) is 12.2 Å². The summed E-state index contributed by atoms with van der Waals surface area (Å²) in [5.74, 6) is 0. The van der Waals surface area contributed by atoms with Crippen molar-refractivity contribution in [2.24, 2.45) is 0 Å². The molecule has 1 aliphatic rings. The summed E-state index contributed by atoms with van der Waals surface area (Å²) in [6.07, 6.45) is 3.87. The summed E-state index contributed by atoms with van der Waals surface area (Å²) < 4.78 is 2.21. The van der Waals surface area contributed by atoms with Crippen LogP contribution in [0.15, 0.2) is 42.7 Å². The first kappa shape index (κ1) is 15.0. The summed E-state index contributed by atoms with van der Waals surface area (Å²) in [5.41, 5.74) is 2.14. The minimum absolute atomic E-state index is 0.0135. The fourth-order valence-corrected chi connectivity index (χ4v) is 3.39. The summed E-state index contributed by atoms with van der Waals surface area (Å²) in [4.78, 5) is 6.54. The number of nitrogens with zero attached hydrogens (tertiary/aromatic N) is 3. The molecule has 3 rings (SSSR count). The highest BCUT2D eigenvalue weighted by molar-refractivity contribution is 7.80. The number of aliphatic hydroxyl groups excluding tert-OH is 1. The third-order valence-electron chi connectivity index (χ3n) is 4.05. The van der Waals surface area contributed by atoms with Crippen LogP contribution in [0, 0.1) is 0 Å². The zero-order valence-corrected chi connectivity index (χ0v) is 13.3. The molecule has 0 saturated carbocycles. The van der Waals surface area contributed by atoms with E-state index in [-0.39, 0.29) is 18.7 Å². The highest BCUT2D eigenvalue weighted by atomic mass is 32.1. The lowest BCUT2D eigenvalue weighted by molar-refractivity contribution is 0.219. The number of hydrogen-bond donors (Lipinski definition) is 2. The predicted octanol–water partition coefficient (Wildman–Crippen LogP) is 1.87. The summed E-state index contributed by atoms with van der Waals surface area (Å²) >= 11 is 5.48. The van der Waals surface area contributed by atoms with Crippen molar-refractivity contribution in [1.82, 2.24) is 19.8 Å². The van der Waals surface area contributed by atoms with Crippen LogP contribution in [-0.2, 0) is 6.54 Å². The molecular formula is C16H20N4OS. The molecule has 2 unspecified atom stereocenters. The molecule has 0 spiro atoms.